The summed E-state index contributed by atoms with van der Waals surface area (Å²) in [4.78, 5) is 11.9. The van der Waals surface area contributed by atoms with Crippen molar-refractivity contribution in [3.8, 4) is 5.75 Å². The van der Waals surface area contributed by atoms with Crippen LogP contribution in [0.2, 0.25) is 5.02 Å². The predicted octanol–water partition coefficient (Wildman–Crippen LogP) is 3.78. The van der Waals surface area contributed by atoms with E-state index in [2.05, 4.69) is 10.6 Å². The highest BCUT2D eigenvalue weighted by Gasteiger charge is 2.04. The molecule has 0 atom stereocenters. The Hall–Kier alpha value is -2.20. The molecule has 0 fully saturated rings. The summed E-state index contributed by atoms with van der Waals surface area (Å²) in [5.74, 6) is 0.814. The van der Waals surface area contributed by atoms with Gasteiger partial charge in [0, 0.05) is 30.2 Å². The van der Waals surface area contributed by atoms with Crippen LogP contribution in [0.3, 0.4) is 0 Å². The van der Waals surface area contributed by atoms with Crippen LogP contribution in [0.15, 0.2) is 42.5 Å². The van der Waals surface area contributed by atoms with Gasteiger partial charge in [-0.05, 0) is 42.3 Å². The molecule has 23 heavy (non-hydrogen) atoms. The van der Waals surface area contributed by atoms with Gasteiger partial charge in [0.05, 0.1) is 7.11 Å². The molecule has 0 aliphatic rings. The first-order valence-electron chi connectivity index (χ1n) is 7.49. The van der Waals surface area contributed by atoms with Crippen LogP contribution in [0.1, 0.15) is 17.5 Å². The predicted molar refractivity (Wildman–Crippen MR) is 94.1 cm³/mol. The van der Waals surface area contributed by atoms with E-state index < -0.39 is 0 Å². The molecule has 0 aliphatic carbocycles. The SMILES string of the molecule is COc1ccc(CNC(=O)CCNc2cccc(Cl)c2C)cc1. The van der Waals surface area contributed by atoms with E-state index in [-0.39, 0.29) is 5.91 Å². The molecule has 2 aromatic carbocycles. The van der Waals surface area contributed by atoms with E-state index in [1.165, 1.54) is 0 Å². The fourth-order valence-corrected chi connectivity index (χ4v) is 2.32. The normalized spacial score (nSPS) is 10.2. The van der Waals surface area contributed by atoms with Crippen molar-refractivity contribution < 1.29 is 9.53 Å². The van der Waals surface area contributed by atoms with Gasteiger partial charge in [-0.1, -0.05) is 29.8 Å². The summed E-state index contributed by atoms with van der Waals surface area (Å²) in [6.07, 6.45) is 0.405. The highest BCUT2D eigenvalue weighted by atomic mass is 35.5. The molecule has 2 aromatic rings. The number of nitrogens with one attached hydrogen (secondary N) is 2. The van der Waals surface area contributed by atoms with Crippen LogP contribution in [-0.4, -0.2) is 19.6 Å². The first-order chi connectivity index (χ1) is 11.1. The molecule has 0 saturated heterocycles. The first kappa shape index (κ1) is 17.2. The Morgan fingerprint density at radius 3 is 2.61 bits per heavy atom. The fraction of sp³-hybridized carbons (Fsp3) is 0.278. The lowest BCUT2D eigenvalue weighted by Crippen LogP contribution is -2.24. The van der Waals surface area contributed by atoms with Crippen molar-refractivity contribution >= 4 is 23.2 Å². The zero-order valence-corrected chi connectivity index (χ0v) is 14.1. The minimum absolute atomic E-state index is 0.00741. The molecule has 0 heterocycles. The average Bonchev–Trinajstić information content (AvgIpc) is 2.57. The molecule has 0 spiro atoms. The Balaban J connectivity index is 1.73. The van der Waals surface area contributed by atoms with Gasteiger partial charge in [0.2, 0.25) is 5.91 Å². The Morgan fingerprint density at radius 2 is 1.91 bits per heavy atom. The highest BCUT2D eigenvalue weighted by Crippen LogP contribution is 2.22. The van der Waals surface area contributed by atoms with E-state index >= 15 is 0 Å². The quantitative estimate of drug-likeness (QED) is 0.811. The van der Waals surface area contributed by atoms with E-state index in [4.69, 9.17) is 16.3 Å². The molecule has 0 aliphatic heterocycles. The van der Waals surface area contributed by atoms with Crippen molar-refractivity contribution in [1.29, 1.82) is 0 Å². The summed E-state index contributed by atoms with van der Waals surface area (Å²) in [5, 5.41) is 6.86. The molecule has 0 radical (unpaired) electrons. The van der Waals surface area contributed by atoms with Crippen molar-refractivity contribution in [1.82, 2.24) is 5.32 Å². The number of rotatable bonds is 7. The van der Waals surface area contributed by atoms with Crippen molar-refractivity contribution in [2.75, 3.05) is 19.0 Å². The molecule has 122 valence electrons. The maximum atomic E-state index is 11.9. The molecular weight excluding hydrogens is 312 g/mol. The van der Waals surface area contributed by atoms with E-state index in [9.17, 15) is 4.79 Å². The van der Waals surface area contributed by atoms with Gasteiger partial charge in [0.15, 0.2) is 0 Å². The zero-order valence-electron chi connectivity index (χ0n) is 13.4. The van der Waals surface area contributed by atoms with Crippen LogP contribution in [0, 0.1) is 6.92 Å². The monoisotopic (exact) mass is 332 g/mol. The maximum absolute atomic E-state index is 11.9. The number of ether oxygens (including phenoxy) is 1. The summed E-state index contributed by atoms with van der Waals surface area (Å²) >= 11 is 6.07. The summed E-state index contributed by atoms with van der Waals surface area (Å²) in [7, 11) is 1.63. The van der Waals surface area contributed by atoms with Gasteiger partial charge < -0.3 is 15.4 Å². The zero-order chi connectivity index (χ0) is 16.7. The number of benzene rings is 2. The van der Waals surface area contributed by atoms with Gasteiger partial charge >= 0.3 is 0 Å². The Labute approximate surface area is 141 Å². The summed E-state index contributed by atoms with van der Waals surface area (Å²) in [6.45, 7) is 3.03. The minimum atomic E-state index is 0.00741. The number of hydrogen-bond acceptors (Lipinski definition) is 3. The van der Waals surface area contributed by atoms with Gasteiger partial charge in [0.1, 0.15) is 5.75 Å². The third-order valence-electron chi connectivity index (χ3n) is 3.58. The molecule has 2 rings (SSSR count). The molecule has 2 N–H and O–H groups in total. The fourth-order valence-electron chi connectivity index (χ4n) is 2.14. The number of amides is 1. The van der Waals surface area contributed by atoms with Crippen LogP contribution < -0.4 is 15.4 Å². The second-order valence-electron chi connectivity index (χ2n) is 5.21. The molecule has 5 heteroatoms. The molecule has 0 saturated carbocycles. The van der Waals surface area contributed by atoms with Crippen LogP contribution in [0.4, 0.5) is 5.69 Å². The molecule has 0 unspecified atom stereocenters. The highest BCUT2D eigenvalue weighted by molar-refractivity contribution is 6.31. The molecule has 0 aromatic heterocycles. The number of hydrogen-bond donors (Lipinski definition) is 2. The third kappa shape index (κ3) is 5.18. The Kier molecular flexibility index (Phi) is 6.29. The van der Waals surface area contributed by atoms with Crippen LogP contribution in [-0.2, 0) is 11.3 Å². The van der Waals surface area contributed by atoms with Crippen molar-refractivity contribution in [2.45, 2.75) is 19.9 Å². The van der Waals surface area contributed by atoms with Crippen LogP contribution in [0.25, 0.3) is 0 Å². The van der Waals surface area contributed by atoms with Gasteiger partial charge in [-0.2, -0.15) is 0 Å². The average molecular weight is 333 g/mol. The third-order valence-corrected chi connectivity index (χ3v) is 3.99. The number of anilines is 1. The van der Waals surface area contributed by atoms with Crippen molar-refractivity contribution in [3.05, 3.63) is 58.6 Å². The number of methoxy groups -OCH3 is 1. The summed E-state index contributed by atoms with van der Waals surface area (Å²) in [6, 6.07) is 13.3. The minimum Gasteiger partial charge on any atom is -0.497 e. The van der Waals surface area contributed by atoms with E-state index in [0.29, 0.717) is 19.5 Å². The standard InChI is InChI=1S/C18H21ClN2O2/c1-13-16(19)4-3-5-17(13)20-11-10-18(22)21-12-14-6-8-15(23-2)9-7-14/h3-9,20H,10-12H2,1-2H3,(H,21,22). The van der Waals surface area contributed by atoms with E-state index in [0.717, 1.165) is 27.6 Å². The van der Waals surface area contributed by atoms with E-state index in [1.54, 1.807) is 7.11 Å². The van der Waals surface area contributed by atoms with Gasteiger partial charge in [0.25, 0.3) is 0 Å². The number of halogens is 1. The lowest BCUT2D eigenvalue weighted by atomic mass is 10.2. The Morgan fingerprint density at radius 1 is 1.17 bits per heavy atom. The van der Waals surface area contributed by atoms with Gasteiger partial charge in [-0.3, -0.25) is 4.79 Å². The van der Waals surface area contributed by atoms with Gasteiger partial charge in [-0.15, -0.1) is 0 Å². The summed E-state index contributed by atoms with van der Waals surface area (Å²) < 4.78 is 5.10. The summed E-state index contributed by atoms with van der Waals surface area (Å²) in [5.41, 5.74) is 2.99. The van der Waals surface area contributed by atoms with Crippen molar-refractivity contribution in [2.24, 2.45) is 0 Å². The molecule has 1 amide bonds. The van der Waals surface area contributed by atoms with E-state index in [1.807, 2.05) is 49.4 Å². The molecule has 4 nitrogen and oxygen atoms in total. The second kappa shape index (κ2) is 8.44. The largest absolute Gasteiger partial charge is 0.497 e. The first-order valence-corrected chi connectivity index (χ1v) is 7.86. The number of carbonyl (C=O) groups is 1. The second-order valence-corrected chi connectivity index (χ2v) is 5.62. The smallest absolute Gasteiger partial charge is 0.222 e. The van der Waals surface area contributed by atoms with Crippen LogP contribution >= 0.6 is 11.6 Å². The van der Waals surface area contributed by atoms with Crippen molar-refractivity contribution in [3.63, 3.8) is 0 Å². The Bertz CT molecular complexity index is 657. The lowest BCUT2D eigenvalue weighted by molar-refractivity contribution is -0.121. The topological polar surface area (TPSA) is 50.4 Å². The lowest BCUT2D eigenvalue weighted by Gasteiger charge is -2.11. The van der Waals surface area contributed by atoms with Crippen LogP contribution in [0.5, 0.6) is 5.75 Å². The number of carbonyl (C=O) groups excluding carboxylic acids is 1. The molecule has 0 bridgehead atoms. The molecular formula is C18H21ClN2O2. The maximum Gasteiger partial charge on any atom is 0.222 e. The van der Waals surface area contributed by atoms with Gasteiger partial charge in [-0.25, -0.2) is 0 Å².